The summed E-state index contributed by atoms with van der Waals surface area (Å²) in [6, 6.07) is 10.9. The molecule has 1 aliphatic heterocycles. The van der Waals surface area contributed by atoms with Crippen LogP contribution in [0, 0.1) is 5.92 Å². The van der Waals surface area contributed by atoms with E-state index in [9.17, 15) is 0 Å². The fraction of sp³-hybridized carbons (Fsp3) is 0.500. The fourth-order valence-corrected chi connectivity index (χ4v) is 3.67. The number of aromatic nitrogens is 1. The smallest absolute Gasteiger partial charge is 0.0702 e. The van der Waals surface area contributed by atoms with Gasteiger partial charge in [-0.15, -0.1) is 0 Å². The van der Waals surface area contributed by atoms with E-state index in [4.69, 9.17) is 0 Å². The number of pyridine rings is 1. The van der Waals surface area contributed by atoms with Crippen molar-refractivity contribution in [2.45, 2.75) is 45.1 Å². The lowest BCUT2D eigenvalue weighted by molar-refractivity contribution is 0.301. The molecule has 2 aromatic rings. The van der Waals surface area contributed by atoms with Crippen LogP contribution in [0.5, 0.6) is 0 Å². The highest BCUT2D eigenvalue weighted by molar-refractivity contribution is 5.78. The maximum Gasteiger partial charge on any atom is 0.0702 e. The lowest BCUT2D eigenvalue weighted by atomic mass is 9.82. The maximum atomic E-state index is 4.40. The van der Waals surface area contributed by atoms with Crippen molar-refractivity contribution in [3.63, 3.8) is 0 Å². The van der Waals surface area contributed by atoms with Crippen molar-refractivity contribution >= 4 is 10.9 Å². The Balaban J connectivity index is 1.86. The Morgan fingerprint density at radius 2 is 2.20 bits per heavy atom. The molecule has 0 aliphatic carbocycles. The normalized spacial score (nSPS) is 22.8. The van der Waals surface area contributed by atoms with E-state index in [-0.39, 0.29) is 0 Å². The van der Waals surface area contributed by atoms with Gasteiger partial charge >= 0.3 is 0 Å². The quantitative estimate of drug-likeness (QED) is 0.908. The van der Waals surface area contributed by atoms with Crippen LogP contribution in [0.3, 0.4) is 0 Å². The van der Waals surface area contributed by atoms with Crippen LogP contribution in [0.1, 0.15) is 38.7 Å². The minimum atomic E-state index is 0.310. The number of nitrogens with one attached hydrogen (secondary N) is 1. The zero-order valence-electron chi connectivity index (χ0n) is 12.5. The molecule has 0 spiro atoms. The summed E-state index contributed by atoms with van der Waals surface area (Å²) in [6.45, 7) is 5.82. The van der Waals surface area contributed by atoms with Crippen LogP contribution in [0.4, 0.5) is 0 Å². The van der Waals surface area contributed by atoms with Crippen LogP contribution in [0.25, 0.3) is 10.9 Å². The number of nitrogens with zero attached hydrogens (tertiary/aromatic N) is 1. The van der Waals surface area contributed by atoms with Crippen molar-refractivity contribution < 1.29 is 0 Å². The van der Waals surface area contributed by atoms with Crippen LogP contribution in [0.2, 0.25) is 0 Å². The molecule has 2 nitrogen and oxygen atoms in total. The predicted molar refractivity (Wildman–Crippen MR) is 84.9 cm³/mol. The fourth-order valence-electron chi connectivity index (χ4n) is 3.67. The molecule has 1 aliphatic rings. The second-order valence-corrected chi connectivity index (χ2v) is 6.62. The molecule has 1 fully saturated rings. The highest BCUT2D eigenvalue weighted by Gasteiger charge is 2.33. The van der Waals surface area contributed by atoms with Crippen LogP contribution >= 0.6 is 0 Å². The lowest BCUT2D eigenvalue weighted by Crippen LogP contribution is -2.43. The Morgan fingerprint density at radius 1 is 1.30 bits per heavy atom. The van der Waals surface area contributed by atoms with E-state index in [1.54, 1.807) is 0 Å². The Bertz CT molecular complexity index is 583. The van der Waals surface area contributed by atoms with Crippen LogP contribution in [-0.2, 0) is 6.42 Å². The molecule has 1 aromatic carbocycles. The topological polar surface area (TPSA) is 24.9 Å². The standard InChI is InChI=1S/C18H24N2/c1-14(2)12-18(8-4-10-20-18)13-15-6-7-17-16(11-15)5-3-9-19-17/h3,5-7,9,11,14,20H,4,8,10,12-13H2,1-2H3. The van der Waals surface area contributed by atoms with Crippen molar-refractivity contribution in [2.75, 3.05) is 6.54 Å². The summed E-state index contributed by atoms with van der Waals surface area (Å²) in [6.07, 6.45) is 6.87. The molecule has 2 heteroatoms. The number of hydrogen-bond donors (Lipinski definition) is 1. The molecule has 0 saturated carbocycles. The molecule has 1 N–H and O–H groups in total. The van der Waals surface area contributed by atoms with Crippen molar-refractivity contribution in [3.8, 4) is 0 Å². The first-order chi connectivity index (χ1) is 9.67. The molecule has 0 amide bonds. The average molecular weight is 268 g/mol. The molecule has 0 bridgehead atoms. The van der Waals surface area contributed by atoms with Gasteiger partial charge in [0.05, 0.1) is 5.52 Å². The lowest BCUT2D eigenvalue weighted by Gasteiger charge is -2.32. The Hall–Kier alpha value is -1.41. The molecule has 0 radical (unpaired) electrons. The molecule has 1 atom stereocenters. The van der Waals surface area contributed by atoms with E-state index in [0.29, 0.717) is 5.54 Å². The predicted octanol–water partition coefficient (Wildman–Crippen LogP) is 3.95. The first-order valence-electron chi connectivity index (χ1n) is 7.76. The Kier molecular flexibility index (Phi) is 3.75. The summed E-state index contributed by atoms with van der Waals surface area (Å²) >= 11 is 0. The van der Waals surface area contributed by atoms with E-state index in [0.717, 1.165) is 17.9 Å². The molecular formula is C18H24N2. The van der Waals surface area contributed by atoms with Gasteiger partial charge < -0.3 is 5.32 Å². The van der Waals surface area contributed by atoms with Gasteiger partial charge in [-0.25, -0.2) is 0 Å². The van der Waals surface area contributed by atoms with Gasteiger partial charge in [-0.05, 0) is 61.9 Å². The Labute approximate surface area is 121 Å². The van der Waals surface area contributed by atoms with Crippen LogP contribution in [0.15, 0.2) is 36.5 Å². The molecule has 106 valence electrons. The molecule has 2 heterocycles. The first kappa shape index (κ1) is 13.6. The summed E-state index contributed by atoms with van der Waals surface area (Å²) in [7, 11) is 0. The van der Waals surface area contributed by atoms with Crippen LogP contribution in [-0.4, -0.2) is 17.1 Å². The number of fused-ring (bicyclic) bond motifs is 1. The zero-order chi connectivity index (χ0) is 14.0. The second kappa shape index (κ2) is 5.53. The first-order valence-corrected chi connectivity index (χ1v) is 7.76. The molecule has 20 heavy (non-hydrogen) atoms. The van der Waals surface area contributed by atoms with E-state index in [1.807, 2.05) is 12.3 Å². The number of rotatable bonds is 4. The summed E-state index contributed by atoms with van der Waals surface area (Å²) in [4.78, 5) is 4.40. The monoisotopic (exact) mass is 268 g/mol. The third-order valence-electron chi connectivity index (χ3n) is 4.34. The van der Waals surface area contributed by atoms with E-state index < -0.39 is 0 Å². The van der Waals surface area contributed by atoms with Gasteiger partial charge in [0.25, 0.3) is 0 Å². The van der Waals surface area contributed by atoms with Gasteiger partial charge in [-0.1, -0.05) is 26.0 Å². The summed E-state index contributed by atoms with van der Waals surface area (Å²) in [5.41, 5.74) is 2.83. The number of benzene rings is 1. The van der Waals surface area contributed by atoms with Crippen LogP contribution < -0.4 is 5.32 Å². The minimum absolute atomic E-state index is 0.310. The second-order valence-electron chi connectivity index (χ2n) is 6.62. The van der Waals surface area contributed by atoms with Gasteiger partial charge in [0.15, 0.2) is 0 Å². The summed E-state index contributed by atoms with van der Waals surface area (Å²) < 4.78 is 0. The largest absolute Gasteiger partial charge is 0.311 e. The van der Waals surface area contributed by atoms with Gasteiger partial charge in [-0.3, -0.25) is 4.98 Å². The van der Waals surface area contributed by atoms with Crippen molar-refractivity contribution in [2.24, 2.45) is 5.92 Å². The van der Waals surface area contributed by atoms with Crippen molar-refractivity contribution in [3.05, 3.63) is 42.1 Å². The minimum Gasteiger partial charge on any atom is -0.311 e. The van der Waals surface area contributed by atoms with Gasteiger partial charge in [-0.2, -0.15) is 0 Å². The third kappa shape index (κ3) is 2.85. The van der Waals surface area contributed by atoms with E-state index in [1.165, 1.54) is 36.8 Å². The summed E-state index contributed by atoms with van der Waals surface area (Å²) in [5.74, 6) is 0.739. The SMILES string of the molecule is CC(C)CC1(Cc2ccc3ncccc3c2)CCCN1. The molecule has 1 aromatic heterocycles. The highest BCUT2D eigenvalue weighted by atomic mass is 15.0. The van der Waals surface area contributed by atoms with Gasteiger partial charge in [0, 0.05) is 17.1 Å². The van der Waals surface area contributed by atoms with E-state index >= 15 is 0 Å². The maximum absolute atomic E-state index is 4.40. The molecular weight excluding hydrogens is 244 g/mol. The van der Waals surface area contributed by atoms with E-state index in [2.05, 4.69) is 48.4 Å². The summed E-state index contributed by atoms with van der Waals surface area (Å²) in [5, 5.41) is 5.03. The highest BCUT2D eigenvalue weighted by Crippen LogP contribution is 2.31. The molecule has 1 unspecified atom stereocenters. The molecule has 3 rings (SSSR count). The number of hydrogen-bond acceptors (Lipinski definition) is 2. The molecule has 1 saturated heterocycles. The van der Waals surface area contributed by atoms with Crippen molar-refractivity contribution in [1.29, 1.82) is 0 Å². The van der Waals surface area contributed by atoms with Crippen molar-refractivity contribution in [1.82, 2.24) is 10.3 Å². The van der Waals surface area contributed by atoms with Gasteiger partial charge in [0.1, 0.15) is 0 Å². The third-order valence-corrected chi connectivity index (χ3v) is 4.34. The average Bonchev–Trinajstić information content (AvgIpc) is 2.86. The zero-order valence-corrected chi connectivity index (χ0v) is 12.5. The van der Waals surface area contributed by atoms with Gasteiger partial charge in [0.2, 0.25) is 0 Å². The Morgan fingerprint density at radius 3 is 2.95 bits per heavy atom.